The summed E-state index contributed by atoms with van der Waals surface area (Å²) < 4.78 is 0. The normalized spacial score (nSPS) is 19.5. The third-order valence-electron chi connectivity index (χ3n) is 8.68. The third-order valence-corrected chi connectivity index (χ3v) is 9.18. The molecule has 0 radical (unpaired) electrons. The molecule has 4 atom stereocenters. The predicted molar refractivity (Wildman–Crippen MR) is 183 cm³/mol. The zero-order valence-electron chi connectivity index (χ0n) is 24.8. The molecule has 2 amide bonds. The number of carbonyl (C=O) groups is 4. The summed E-state index contributed by atoms with van der Waals surface area (Å²) in [6, 6.07) is 22.8. The lowest BCUT2D eigenvalue weighted by Crippen LogP contribution is -2.51. The van der Waals surface area contributed by atoms with Gasteiger partial charge in [-0.25, -0.2) is 0 Å². The number of aliphatic hydroxyl groups is 2. The molecule has 0 saturated heterocycles. The molecule has 240 valence electrons. The number of anilines is 2. The van der Waals surface area contributed by atoms with Gasteiger partial charge in [0.05, 0.1) is 23.2 Å². The number of aromatic amines is 2. The Morgan fingerprint density at radius 3 is 1.33 bits per heavy atom. The van der Waals surface area contributed by atoms with Crippen LogP contribution in [0.5, 0.6) is 0 Å². The largest absolute Gasteiger partial charge is 0.384 e. The van der Waals surface area contributed by atoms with E-state index in [-0.39, 0.29) is 11.1 Å². The van der Waals surface area contributed by atoms with E-state index in [1.165, 1.54) is 12.4 Å². The van der Waals surface area contributed by atoms with Gasteiger partial charge in [0.25, 0.3) is 11.8 Å². The first-order valence-electron chi connectivity index (χ1n) is 14.9. The Bertz CT molecular complexity index is 2080. The molecule has 0 aliphatic heterocycles. The molecule has 48 heavy (non-hydrogen) atoms. The van der Waals surface area contributed by atoms with Crippen LogP contribution in [0, 0.1) is 0 Å². The highest BCUT2D eigenvalue weighted by Gasteiger charge is 2.51. The number of H-pyrrole nitrogens is 2. The van der Waals surface area contributed by atoms with E-state index in [1.807, 2.05) is 0 Å². The summed E-state index contributed by atoms with van der Waals surface area (Å²) in [6.45, 7) is 0. The number of rotatable bonds is 6. The van der Waals surface area contributed by atoms with Crippen molar-refractivity contribution < 1.29 is 29.4 Å². The molecule has 1 aliphatic rings. The van der Waals surface area contributed by atoms with Crippen molar-refractivity contribution >= 4 is 79.8 Å². The zero-order chi connectivity index (χ0) is 33.7. The van der Waals surface area contributed by atoms with E-state index in [1.54, 1.807) is 84.9 Å². The van der Waals surface area contributed by atoms with Crippen molar-refractivity contribution in [3.05, 3.63) is 130 Å². The van der Waals surface area contributed by atoms with Gasteiger partial charge >= 0.3 is 0 Å². The SMILES string of the molecule is O=C(Nc1cccc2[nH]cc(C3C(=O)C(O)C(c4c[nH]c5cccc(NC(=O)c6ccc(Cl)cc6)c45)C(=O)C3O)c12)c1ccc(Cl)cc1. The number of carbonyl (C=O) groups excluding carboxylic acids is 4. The predicted octanol–water partition coefficient (Wildman–Crippen LogP) is 6.20. The molecule has 10 nitrogen and oxygen atoms in total. The lowest BCUT2D eigenvalue weighted by atomic mass is 9.70. The van der Waals surface area contributed by atoms with Crippen molar-refractivity contribution in [2.24, 2.45) is 0 Å². The monoisotopic (exact) mass is 680 g/mol. The Hall–Kier alpha value is -5.26. The molecular weight excluding hydrogens is 655 g/mol. The fourth-order valence-electron chi connectivity index (χ4n) is 6.37. The first-order valence-corrected chi connectivity index (χ1v) is 15.7. The summed E-state index contributed by atoms with van der Waals surface area (Å²) in [7, 11) is 0. The molecule has 4 aromatic carbocycles. The quantitative estimate of drug-likeness (QED) is 0.123. The maximum Gasteiger partial charge on any atom is 0.255 e. The summed E-state index contributed by atoms with van der Waals surface area (Å²) in [5.74, 6) is -5.28. The standard InChI is InChI=1S/C36H26Cl2N4O6/c37-19-11-7-17(8-12-19)35(47)41-25-5-1-3-23-27(25)21(15-39-23)29-31(43)33(45)30(34(46)32(29)44)22-16-40-24-4-2-6-26(28(22)24)42-36(48)18-9-13-20(38)14-10-18/h1-16,29-31,34,39-40,43,46H,(H,41,47)(H,42,48). The first kappa shape index (κ1) is 31.3. The summed E-state index contributed by atoms with van der Waals surface area (Å²) in [6.07, 6.45) is -0.674. The van der Waals surface area contributed by atoms with Crippen LogP contribution in [0.3, 0.4) is 0 Å². The molecule has 1 saturated carbocycles. The Kier molecular flexibility index (Phi) is 8.10. The lowest BCUT2D eigenvalue weighted by molar-refractivity contribution is -0.149. The minimum atomic E-state index is -1.83. The molecule has 4 unspecified atom stereocenters. The molecule has 2 aromatic heterocycles. The second-order valence-corrected chi connectivity index (χ2v) is 12.4. The first-order chi connectivity index (χ1) is 23.1. The van der Waals surface area contributed by atoms with E-state index in [0.717, 1.165) is 0 Å². The number of hydrogen-bond donors (Lipinski definition) is 6. The Morgan fingerprint density at radius 2 is 0.958 bits per heavy atom. The van der Waals surface area contributed by atoms with Gasteiger partial charge in [0.2, 0.25) is 0 Å². The summed E-state index contributed by atoms with van der Waals surface area (Å²) in [5.41, 5.74) is 2.94. The van der Waals surface area contributed by atoms with Crippen molar-refractivity contribution in [1.82, 2.24) is 9.97 Å². The summed E-state index contributed by atoms with van der Waals surface area (Å²) in [4.78, 5) is 60.2. The lowest BCUT2D eigenvalue weighted by Gasteiger charge is -2.34. The number of benzene rings is 4. The van der Waals surface area contributed by atoms with E-state index >= 15 is 0 Å². The number of nitrogens with one attached hydrogen (secondary N) is 4. The Morgan fingerprint density at radius 1 is 0.583 bits per heavy atom. The van der Waals surface area contributed by atoms with Gasteiger partial charge in [-0.05, 0) is 83.9 Å². The topological polar surface area (TPSA) is 164 Å². The average molecular weight is 682 g/mol. The molecule has 2 heterocycles. The molecule has 7 rings (SSSR count). The van der Waals surface area contributed by atoms with Crippen molar-refractivity contribution in [1.29, 1.82) is 0 Å². The van der Waals surface area contributed by atoms with Crippen molar-refractivity contribution in [2.45, 2.75) is 24.0 Å². The van der Waals surface area contributed by atoms with Crippen LogP contribution in [0.1, 0.15) is 43.7 Å². The number of aromatic nitrogens is 2. The number of hydrogen-bond acceptors (Lipinski definition) is 6. The highest BCUT2D eigenvalue weighted by molar-refractivity contribution is 6.31. The Labute approximate surface area is 282 Å². The molecule has 12 heteroatoms. The summed E-state index contributed by atoms with van der Waals surface area (Å²) >= 11 is 11.9. The molecular formula is C36H26Cl2N4O6. The van der Waals surface area contributed by atoms with E-state index in [0.29, 0.717) is 54.4 Å². The number of aliphatic hydroxyl groups excluding tert-OH is 2. The van der Waals surface area contributed by atoms with Gasteiger partial charge in [0.1, 0.15) is 12.2 Å². The average Bonchev–Trinajstić information content (AvgIpc) is 3.71. The number of halogens is 2. The molecule has 1 fully saturated rings. The van der Waals surface area contributed by atoms with E-state index in [4.69, 9.17) is 23.2 Å². The van der Waals surface area contributed by atoms with Crippen LogP contribution in [0.2, 0.25) is 10.0 Å². The number of fused-ring (bicyclic) bond motifs is 2. The van der Waals surface area contributed by atoms with E-state index in [2.05, 4.69) is 20.6 Å². The van der Waals surface area contributed by atoms with Crippen molar-refractivity contribution in [3.8, 4) is 0 Å². The fraction of sp³-hybridized carbons (Fsp3) is 0.111. The van der Waals surface area contributed by atoms with Crippen LogP contribution in [0.15, 0.2) is 97.3 Å². The van der Waals surface area contributed by atoms with Gasteiger partial charge in [0.15, 0.2) is 11.6 Å². The van der Waals surface area contributed by atoms with Gasteiger partial charge in [-0.15, -0.1) is 0 Å². The van der Waals surface area contributed by atoms with Crippen LogP contribution < -0.4 is 10.6 Å². The minimum absolute atomic E-state index is 0.246. The highest BCUT2D eigenvalue weighted by Crippen LogP contribution is 2.43. The second kappa shape index (κ2) is 12.4. The maximum atomic E-state index is 14.0. The number of ketones is 2. The van der Waals surface area contributed by atoms with Gasteiger partial charge < -0.3 is 30.8 Å². The van der Waals surface area contributed by atoms with Crippen LogP contribution in [-0.2, 0) is 9.59 Å². The molecule has 1 aliphatic carbocycles. The van der Waals surface area contributed by atoms with E-state index < -0.39 is 47.4 Å². The fourth-order valence-corrected chi connectivity index (χ4v) is 6.62. The molecule has 0 bridgehead atoms. The molecule has 6 aromatic rings. The third kappa shape index (κ3) is 5.44. The van der Waals surface area contributed by atoms with Crippen LogP contribution in [0.25, 0.3) is 21.8 Å². The van der Waals surface area contributed by atoms with Crippen molar-refractivity contribution in [3.63, 3.8) is 0 Å². The molecule has 6 N–H and O–H groups in total. The second-order valence-electron chi connectivity index (χ2n) is 11.5. The van der Waals surface area contributed by atoms with Gasteiger partial charge in [-0.1, -0.05) is 35.3 Å². The van der Waals surface area contributed by atoms with Crippen LogP contribution in [-0.4, -0.2) is 55.8 Å². The maximum absolute atomic E-state index is 14.0. The van der Waals surface area contributed by atoms with Gasteiger partial charge in [-0.3, -0.25) is 19.2 Å². The minimum Gasteiger partial charge on any atom is -0.384 e. The number of Topliss-reactive ketones (excluding diaryl/α,β-unsaturated/α-hetero) is 2. The number of amides is 2. The highest BCUT2D eigenvalue weighted by atomic mass is 35.5. The van der Waals surface area contributed by atoms with Crippen LogP contribution >= 0.6 is 23.2 Å². The van der Waals surface area contributed by atoms with E-state index in [9.17, 15) is 29.4 Å². The molecule has 0 spiro atoms. The zero-order valence-corrected chi connectivity index (χ0v) is 26.3. The van der Waals surface area contributed by atoms with Gasteiger partial charge in [-0.2, -0.15) is 0 Å². The van der Waals surface area contributed by atoms with Crippen molar-refractivity contribution in [2.75, 3.05) is 10.6 Å². The van der Waals surface area contributed by atoms with Crippen LogP contribution in [0.4, 0.5) is 11.4 Å². The Balaban J connectivity index is 1.22. The summed E-state index contributed by atoms with van der Waals surface area (Å²) in [5, 5.41) is 30.4. The van der Waals surface area contributed by atoms with Gasteiger partial charge in [0, 0.05) is 55.4 Å². The smallest absolute Gasteiger partial charge is 0.255 e.